The first-order valence-electron chi connectivity index (χ1n) is 10.3. The third-order valence-corrected chi connectivity index (χ3v) is 5.68. The van der Waals surface area contributed by atoms with E-state index in [2.05, 4.69) is 29.0 Å². The molecule has 8 heteroatoms. The van der Waals surface area contributed by atoms with Crippen LogP contribution in [0.2, 0.25) is 0 Å². The van der Waals surface area contributed by atoms with E-state index in [0.29, 0.717) is 28.8 Å². The lowest BCUT2D eigenvalue weighted by molar-refractivity contribution is -0.113. The molecule has 0 bridgehead atoms. The molecular weight excluding hydrogens is 424 g/mol. The second-order valence-corrected chi connectivity index (χ2v) is 8.00. The van der Waals surface area contributed by atoms with E-state index in [-0.39, 0.29) is 24.1 Å². The van der Waals surface area contributed by atoms with Crippen molar-refractivity contribution in [3.05, 3.63) is 78.1 Å². The van der Waals surface area contributed by atoms with Crippen molar-refractivity contribution in [2.75, 3.05) is 11.1 Å². The topological polar surface area (TPSA) is 86.1 Å². The number of hydrogen-bond acceptors (Lipinski definition) is 6. The van der Waals surface area contributed by atoms with Gasteiger partial charge in [-0.25, -0.2) is 0 Å². The number of carbonyl (C=O) groups excluding carboxylic acids is 2. The molecule has 0 saturated carbocycles. The Balaban J connectivity index is 1.58. The fourth-order valence-corrected chi connectivity index (χ4v) is 3.70. The first-order valence-corrected chi connectivity index (χ1v) is 11.3. The molecule has 0 aliphatic rings. The summed E-state index contributed by atoms with van der Waals surface area (Å²) in [6, 6.07) is 14.8. The number of nitrogens with zero attached hydrogens (tertiary/aromatic N) is 3. The molecule has 0 spiro atoms. The summed E-state index contributed by atoms with van der Waals surface area (Å²) in [6.45, 7) is 8.19. The van der Waals surface area contributed by atoms with E-state index >= 15 is 0 Å². The third kappa shape index (κ3) is 6.31. The van der Waals surface area contributed by atoms with Gasteiger partial charge in [0.1, 0.15) is 12.4 Å². The molecule has 0 unspecified atom stereocenters. The number of allylic oxidation sites excluding steroid dienone is 1. The predicted octanol–water partition coefficient (Wildman–Crippen LogP) is 4.54. The number of ketones is 1. The highest BCUT2D eigenvalue weighted by molar-refractivity contribution is 7.99. The molecule has 0 atom stereocenters. The molecule has 0 fully saturated rings. The number of Topliss-reactive ketones (excluding diaryl/α,β-unsaturated/α-hetero) is 1. The van der Waals surface area contributed by atoms with Crippen molar-refractivity contribution >= 4 is 29.1 Å². The number of thioether (sulfide) groups is 1. The van der Waals surface area contributed by atoms with E-state index in [1.165, 1.54) is 24.2 Å². The van der Waals surface area contributed by atoms with Crippen LogP contribution in [0, 0.1) is 0 Å². The molecule has 1 aromatic heterocycles. The molecule has 1 amide bonds. The van der Waals surface area contributed by atoms with Crippen molar-refractivity contribution in [3.63, 3.8) is 0 Å². The number of aromatic nitrogens is 3. The number of amides is 1. The fraction of sp³-hybridized carbons (Fsp3) is 0.250. The van der Waals surface area contributed by atoms with Gasteiger partial charge in [0.15, 0.2) is 16.8 Å². The molecule has 3 rings (SSSR count). The summed E-state index contributed by atoms with van der Waals surface area (Å²) in [5.41, 5.74) is 2.49. The van der Waals surface area contributed by atoms with Crippen molar-refractivity contribution in [2.45, 2.75) is 38.6 Å². The van der Waals surface area contributed by atoms with E-state index < -0.39 is 0 Å². The van der Waals surface area contributed by atoms with Crippen LogP contribution in [0.4, 0.5) is 5.69 Å². The van der Waals surface area contributed by atoms with Gasteiger partial charge < -0.3 is 10.1 Å². The Morgan fingerprint density at radius 2 is 1.84 bits per heavy atom. The maximum atomic E-state index is 12.3. The number of carbonyl (C=O) groups is 2. The Hall–Kier alpha value is -3.39. The minimum atomic E-state index is -0.174. The number of anilines is 1. The molecule has 166 valence electrons. The summed E-state index contributed by atoms with van der Waals surface area (Å²) in [6.07, 6.45) is 2.73. The number of aryl methyl sites for hydroxylation is 1. The van der Waals surface area contributed by atoms with Crippen LogP contribution >= 0.6 is 11.8 Å². The quantitative estimate of drug-likeness (QED) is 0.262. The van der Waals surface area contributed by atoms with E-state index in [0.717, 1.165) is 12.2 Å². The SMILES string of the molecule is C=CCn1c(COc2ccc(CC)cc2)nnc1SCC(=O)Nc1ccc(C(C)=O)cc1. The predicted molar refractivity (Wildman–Crippen MR) is 126 cm³/mol. The van der Waals surface area contributed by atoms with Crippen LogP contribution in [0.3, 0.4) is 0 Å². The summed E-state index contributed by atoms with van der Waals surface area (Å²) in [7, 11) is 0. The number of nitrogens with one attached hydrogen (secondary N) is 1. The molecular formula is C24H26N4O3S. The maximum Gasteiger partial charge on any atom is 0.234 e. The zero-order valence-electron chi connectivity index (χ0n) is 18.2. The monoisotopic (exact) mass is 450 g/mol. The second-order valence-electron chi connectivity index (χ2n) is 7.05. The Bertz CT molecular complexity index is 1080. The van der Waals surface area contributed by atoms with Gasteiger partial charge in [-0.2, -0.15) is 0 Å². The van der Waals surface area contributed by atoms with Crippen LogP contribution in [0.1, 0.15) is 35.6 Å². The van der Waals surface area contributed by atoms with Crippen LogP contribution in [-0.2, 0) is 24.4 Å². The molecule has 0 radical (unpaired) electrons. The van der Waals surface area contributed by atoms with Crippen molar-refractivity contribution < 1.29 is 14.3 Å². The smallest absolute Gasteiger partial charge is 0.234 e. The van der Waals surface area contributed by atoms with Crippen LogP contribution in [0.25, 0.3) is 0 Å². The molecule has 1 heterocycles. The molecule has 2 aromatic carbocycles. The lowest BCUT2D eigenvalue weighted by Gasteiger charge is -2.10. The second kappa shape index (κ2) is 11.3. The lowest BCUT2D eigenvalue weighted by atomic mass is 10.1. The number of hydrogen-bond donors (Lipinski definition) is 1. The van der Waals surface area contributed by atoms with E-state index in [1.807, 2.05) is 28.8 Å². The minimum absolute atomic E-state index is 0.0160. The van der Waals surface area contributed by atoms with Gasteiger partial charge in [0.2, 0.25) is 5.91 Å². The summed E-state index contributed by atoms with van der Waals surface area (Å²) in [5.74, 6) is 1.40. The van der Waals surface area contributed by atoms with Crippen molar-refractivity contribution in [3.8, 4) is 5.75 Å². The van der Waals surface area contributed by atoms with Gasteiger partial charge in [-0.1, -0.05) is 36.9 Å². The molecule has 0 saturated heterocycles. The van der Waals surface area contributed by atoms with Gasteiger partial charge in [0, 0.05) is 17.8 Å². The number of rotatable bonds is 11. The Labute approximate surface area is 191 Å². The van der Waals surface area contributed by atoms with Crippen LogP contribution in [0.5, 0.6) is 5.75 Å². The lowest BCUT2D eigenvalue weighted by Crippen LogP contribution is -2.15. The first kappa shape index (κ1) is 23.3. The summed E-state index contributed by atoms with van der Waals surface area (Å²) in [5, 5.41) is 11.9. The van der Waals surface area contributed by atoms with Gasteiger partial charge in [-0.3, -0.25) is 14.2 Å². The average molecular weight is 451 g/mol. The van der Waals surface area contributed by atoms with Crippen LogP contribution < -0.4 is 10.1 Å². The summed E-state index contributed by atoms with van der Waals surface area (Å²) in [4.78, 5) is 23.7. The number of ether oxygens (including phenoxy) is 1. The zero-order chi connectivity index (χ0) is 22.9. The van der Waals surface area contributed by atoms with Gasteiger partial charge >= 0.3 is 0 Å². The van der Waals surface area contributed by atoms with Crippen LogP contribution in [-0.4, -0.2) is 32.2 Å². The highest BCUT2D eigenvalue weighted by atomic mass is 32.2. The molecule has 1 N–H and O–H groups in total. The Morgan fingerprint density at radius 3 is 2.47 bits per heavy atom. The molecule has 7 nitrogen and oxygen atoms in total. The van der Waals surface area contributed by atoms with Crippen LogP contribution in [0.15, 0.2) is 66.3 Å². The van der Waals surface area contributed by atoms with Gasteiger partial charge in [-0.15, -0.1) is 16.8 Å². The Morgan fingerprint density at radius 1 is 1.12 bits per heavy atom. The molecule has 3 aromatic rings. The fourth-order valence-electron chi connectivity index (χ4n) is 2.93. The first-order chi connectivity index (χ1) is 15.5. The molecule has 0 aliphatic heterocycles. The van der Waals surface area contributed by atoms with E-state index in [9.17, 15) is 9.59 Å². The largest absolute Gasteiger partial charge is 0.486 e. The van der Waals surface area contributed by atoms with E-state index in [4.69, 9.17) is 4.74 Å². The Kier molecular flexibility index (Phi) is 8.21. The summed E-state index contributed by atoms with van der Waals surface area (Å²) < 4.78 is 7.73. The number of benzene rings is 2. The van der Waals surface area contributed by atoms with Gasteiger partial charge in [0.05, 0.1) is 5.75 Å². The molecule has 0 aliphatic carbocycles. The maximum absolute atomic E-state index is 12.3. The zero-order valence-corrected chi connectivity index (χ0v) is 19.0. The van der Waals surface area contributed by atoms with Gasteiger partial charge in [0.25, 0.3) is 0 Å². The average Bonchev–Trinajstić information content (AvgIpc) is 3.18. The molecule has 32 heavy (non-hydrogen) atoms. The minimum Gasteiger partial charge on any atom is -0.486 e. The standard InChI is InChI=1S/C24H26N4O3S/c1-4-14-28-22(15-31-21-12-6-18(5-2)7-13-21)26-27-24(28)32-16-23(30)25-20-10-8-19(9-11-20)17(3)29/h4,6-13H,1,5,14-16H2,2-3H3,(H,25,30). The van der Waals surface area contributed by atoms with Crippen molar-refractivity contribution in [1.82, 2.24) is 14.8 Å². The highest BCUT2D eigenvalue weighted by Crippen LogP contribution is 2.20. The highest BCUT2D eigenvalue weighted by Gasteiger charge is 2.14. The normalized spacial score (nSPS) is 10.6. The van der Waals surface area contributed by atoms with E-state index in [1.54, 1.807) is 30.3 Å². The van der Waals surface area contributed by atoms with Crippen molar-refractivity contribution in [1.29, 1.82) is 0 Å². The summed E-state index contributed by atoms with van der Waals surface area (Å²) >= 11 is 1.29. The van der Waals surface area contributed by atoms with Crippen molar-refractivity contribution in [2.24, 2.45) is 0 Å². The van der Waals surface area contributed by atoms with Gasteiger partial charge in [-0.05, 0) is 55.3 Å². The third-order valence-electron chi connectivity index (χ3n) is 4.71.